The second kappa shape index (κ2) is 5.31. The molecule has 2 heterocycles. The van der Waals surface area contributed by atoms with Crippen LogP contribution < -0.4 is 0 Å². The van der Waals surface area contributed by atoms with Gasteiger partial charge in [-0.2, -0.15) is 5.10 Å². The summed E-state index contributed by atoms with van der Waals surface area (Å²) in [4.78, 5) is 0. The highest BCUT2D eigenvalue weighted by atomic mass is 16.7. The first-order valence-corrected chi connectivity index (χ1v) is 7.17. The molecular weight excluding hydrogens is 264 g/mol. The first-order valence-electron chi connectivity index (χ1n) is 7.17. The second-order valence-corrected chi connectivity index (χ2v) is 5.19. The van der Waals surface area contributed by atoms with Crippen molar-refractivity contribution in [2.75, 3.05) is 13.2 Å². The molecule has 0 atom stereocenters. The summed E-state index contributed by atoms with van der Waals surface area (Å²) < 4.78 is 11.3. The molecule has 1 aliphatic heterocycles. The number of aromatic amines is 1. The molecule has 1 aromatic heterocycles. The lowest BCUT2D eigenvalue weighted by atomic mass is 10.0. The van der Waals surface area contributed by atoms with E-state index in [1.165, 1.54) is 11.1 Å². The summed E-state index contributed by atoms with van der Waals surface area (Å²) in [5.74, 6) is 0. The maximum absolute atomic E-state index is 5.63. The quantitative estimate of drug-likeness (QED) is 0.779. The summed E-state index contributed by atoms with van der Waals surface area (Å²) in [7, 11) is 0. The van der Waals surface area contributed by atoms with Gasteiger partial charge in [0.1, 0.15) is 0 Å². The number of benzene rings is 2. The Balaban J connectivity index is 1.68. The van der Waals surface area contributed by atoms with Crippen LogP contribution in [0.2, 0.25) is 0 Å². The molecule has 0 spiro atoms. The zero-order chi connectivity index (χ0) is 14.1. The standard InChI is InChI=1S/C17H16N2O2/c1-3-14(15-11-18-19-16(15)4-1)12-5-7-13(8-6-12)17-20-9-2-10-21-17/h1,3-8,11,17H,2,9-10H2,(H,18,19). The lowest BCUT2D eigenvalue weighted by Crippen LogP contribution is -2.17. The number of nitrogens with one attached hydrogen (secondary N) is 1. The Morgan fingerprint density at radius 1 is 1.00 bits per heavy atom. The maximum Gasteiger partial charge on any atom is 0.183 e. The van der Waals surface area contributed by atoms with E-state index in [0.29, 0.717) is 0 Å². The van der Waals surface area contributed by atoms with E-state index in [1.807, 2.05) is 18.3 Å². The second-order valence-electron chi connectivity index (χ2n) is 5.19. The lowest BCUT2D eigenvalue weighted by Gasteiger charge is -2.23. The number of hydrogen-bond acceptors (Lipinski definition) is 3. The third kappa shape index (κ3) is 2.33. The fraction of sp³-hybridized carbons (Fsp3) is 0.235. The van der Waals surface area contributed by atoms with E-state index >= 15 is 0 Å². The van der Waals surface area contributed by atoms with Gasteiger partial charge in [-0.25, -0.2) is 0 Å². The minimum absolute atomic E-state index is 0.225. The van der Waals surface area contributed by atoms with Gasteiger partial charge in [-0.1, -0.05) is 36.4 Å². The molecule has 3 aromatic rings. The number of fused-ring (bicyclic) bond motifs is 1. The molecule has 1 saturated heterocycles. The topological polar surface area (TPSA) is 47.1 Å². The average molecular weight is 280 g/mol. The van der Waals surface area contributed by atoms with Gasteiger partial charge < -0.3 is 9.47 Å². The maximum atomic E-state index is 5.63. The highest BCUT2D eigenvalue weighted by Gasteiger charge is 2.16. The summed E-state index contributed by atoms with van der Waals surface area (Å²) in [6.45, 7) is 1.53. The largest absolute Gasteiger partial charge is 0.348 e. The predicted octanol–water partition coefficient (Wildman–Crippen LogP) is 3.67. The van der Waals surface area contributed by atoms with Crippen LogP contribution in [0, 0.1) is 0 Å². The molecule has 0 bridgehead atoms. The normalized spacial score (nSPS) is 16.4. The Morgan fingerprint density at radius 3 is 2.62 bits per heavy atom. The molecule has 21 heavy (non-hydrogen) atoms. The van der Waals surface area contributed by atoms with Crippen LogP contribution >= 0.6 is 0 Å². The first kappa shape index (κ1) is 12.6. The molecular formula is C17H16N2O2. The summed E-state index contributed by atoms with van der Waals surface area (Å²) >= 11 is 0. The fourth-order valence-corrected chi connectivity index (χ4v) is 2.72. The SMILES string of the molecule is c1cc(-c2ccc(C3OCCCO3)cc2)c2cn[nH]c2c1. The molecule has 0 amide bonds. The van der Waals surface area contributed by atoms with Crippen molar-refractivity contribution in [3.63, 3.8) is 0 Å². The van der Waals surface area contributed by atoms with Crippen molar-refractivity contribution in [3.8, 4) is 11.1 Å². The van der Waals surface area contributed by atoms with Crippen LogP contribution in [-0.4, -0.2) is 23.4 Å². The molecule has 106 valence electrons. The Morgan fingerprint density at radius 2 is 1.81 bits per heavy atom. The third-order valence-electron chi connectivity index (χ3n) is 3.81. The molecule has 0 radical (unpaired) electrons. The van der Waals surface area contributed by atoms with Crippen molar-refractivity contribution in [3.05, 3.63) is 54.2 Å². The highest BCUT2D eigenvalue weighted by Crippen LogP contribution is 2.30. The Bertz CT molecular complexity index is 743. The molecule has 4 nitrogen and oxygen atoms in total. The van der Waals surface area contributed by atoms with Gasteiger partial charge in [0, 0.05) is 10.9 Å². The number of aromatic nitrogens is 2. The smallest absolute Gasteiger partial charge is 0.183 e. The van der Waals surface area contributed by atoms with Gasteiger partial charge in [0.25, 0.3) is 0 Å². The monoisotopic (exact) mass is 280 g/mol. The van der Waals surface area contributed by atoms with E-state index in [0.717, 1.165) is 36.1 Å². The van der Waals surface area contributed by atoms with Gasteiger partial charge in [-0.15, -0.1) is 0 Å². The number of ether oxygens (including phenoxy) is 2. The van der Waals surface area contributed by atoms with Crippen molar-refractivity contribution < 1.29 is 9.47 Å². The number of nitrogens with zero attached hydrogens (tertiary/aromatic N) is 1. The van der Waals surface area contributed by atoms with E-state index in [9.17, 15) is 0 Å². The van der Waals surface area contributed by atoms with E-state index < -0.39 is 0 Å². The van der Waals surface area contributed by atoms with E-state index in [2.05, 4.69) is 40.5 Å². The van der Waals surface area contributed by atoms with Gasteiger partial charge in [0.15, 0.2) is 6.29 Å². The summed E-state index contributed by atoms with van der Waals surface area (Å²) in [5, 5.41) is 8.25. The lowest BCUT2D eigenvalue weighted by molar-refractivity contribution is -0.183. The predicted molar refractivity (Wildman–Crippen MR) is 80.8 cm³/mol. The summed E-state index contributed by atoms with van der Waals surface area (Å²) in [6.07, 6.45) is 2.61. The Labute approximate surface area is 122 Å². The zero-order valence-corrected chi connectivity index (χ0v) is 11.6. The van der Waals surface area contributed by atoms with Crippen LogP contribution in [0.25, 0.3) is 22.0 Å². The summed E-state index contributed by atoms with van der Waals surface area (Å²) in [5.41, 5.74) is 4.47. The zero-order valence-electron chi connectivity index (χ0n) is 11.6. The minimum Gasteiger partial charge on any atom is -0.348 e. The minimum atomic E-state index is -0.225. The Hall–Kier alpha value is -2.17. The van der Waals surface area contributed by atoms with E-state index in [1.54, 1.807) is 0 Å². The van der Waals surface area contributed by atoms with Gasteiger partial charge in [0.2, 0.25) is 0 Å². The number of hydrogen-bond donors (Lipinski definition) is 1. The van der Waals surface area contributed by atoms with Crippen LogP contribution in [0.15, 0.2) is 48.7 Å². The van der Waals surface area contributed by atoms with Gasteiger partial charge >= 0.3 is 0 Å². The number of H-pyrrole nitrogens is 1. The van der Waals surface area contributed by atoms with Gasteiger partial charge in [-0.3, -0.25) is 5.10 Å². The molecule has 0 saturated carbocycles. The molecule has 4 heteroatoms. The van der Waals surface area contributed by atoms with Crippen molar-refractivity contribution in [2.24, 2.45) is 0 Å². The molecule has 0 aliphatic carbocycles. The third-order valence-corrected chi connectivity index (χ3v) is 3.81. The van der Waals surface area contributed by atoms with E-state index in [4.69, 9.17) is 9.47 Å². The van der Waals surface area contributed by atoms with Crippen LogP contribution in [0.1, 0.15) is 18.3 Å². The van der Waals surface area contributed by atoms with E-state index in [-0.39, 0.29) is 6.29 Å². The van der Waals surface area contributed by atoms with Crippen LogP contribution in [0.5, 0.6) is 0 Å². The molecule has 0 unspecified atom stereocenters. The van der Waals surface area contributed by atoms with Gasteiger partial charge in [0.05, 0.1) is 24.9 Å². The van der Waals surface area contributed by atoms with Crippen molar-refractivity contribution in [2.45, 2.75) is 12.7 Å². The van der Waals surface area contributed by atoms with Crippen molar-refractivity contribution in [1.29, 1.82) is 0 Å². The van der Waals surface area contributed by atoms with Crippen LogP contribution in [0.4, 0.5) is 0 Å². The molecule has 1 N–H and O–H groups in total. The van der Waals surface area contributed by atoms with Gasteiger partial charge in [-0.05, 0) is 23.6 Å². The van der Waals surface area contributed by atoms with Crippen molar-refractivity contribution >= 4 is 10.9 Å². The molecule has 2 aromatic carbocycles. The highest BCUT2D eigenvalue weighted by molar-refractivity contribution is 5.94. The molecule has 1 aliphatic rings. The number of rotatable bonds is 2. The fourth-order valence-electron chi connectivity index (χ4n) is 2.72. The van der Waals surface area contributed by atoms with Crippen LogP contribution in [-0.2, 0) is 9.47 Å². The Kier molecular flexibility index (Phi) is 3.18. The van der Waals surface area contributed by atoms with Crippen LogP contribution in [0.3, 0.4) is 0 Å². The van der Waals surface area contributed by atoms with Crippen molar-refractivity contribution in [1.82, 2.24) is 10.2 Å². The molecule has 1 fully saturated rings. The average Bonchev–Trinajstić information content (AvgIpc) is 3.04. The molecule has 4 rings (SSSR count). The summed E-state index contributed by atoms with van der Waals surface area (Å²) in [6, 6.07) is 14.5. The first-order chi connectivity index (χ1) is 10.4.